The highest BCUT2D eigenvalue weighted by Crippen LogP contribution is 2.00. The van der Waals surface area contributed by atoms with Gasteiger partial charge < -0.3 is 5.11 Å². The molecule has 3 aromatic rings. The molecule has 3 rings (SSSR count). The van der Waals surface area contributed by atoms with Gasteiger partial charge in [0.25, 0.3) is 6.33 Å². The molecule has 1 N–H and O–H groups in total. The van der Waals surface area contributed by atoms with Crippen molar-refractivity contribution >= 4 is 12.4 Å². The van der Waals surface area contributed by atoms with Crippen molar-refractivity contribution in [1.29, 1.82) is 0 Å². The average molecular weight is 305 g/mol. The highest BCUT2D eigenvalue weighted by molar-refractivity contribution is 5.79. The molecule has 0 aliphatic carbocycles. The summed E-state index contributed by atoms with van der Waals surface area (Å²) in [7, 11) is 0. The molecule has 0 spiro atoms. The normalized spacial score (nSPS) is 11.5. The van der Waals surface area contributed by atoms with E-state index in [-0.39, 0.29) is 6.61 Å². The van der Waals surface area contributed by atoms with Gasteiger partial charge in [-0.25, -0.2) is 0 Å². The second-order valence-electron chi connectivity index (χ2n) is 4.93. The molecule has 0 amide bonds. The van der Waals surface area contributed by atoms with Crippen LogP contribution in [0.5, 0.6) is 0 Å². The van der Waals surface area contributed by atoms with E-state index >= 15 is 0 Å². The molecular weight excluding hydrogens is 288 g/mol. The van der Waals surface area contributed by atoms with Crippen molar-refractivity contribution in [2.45, 2.75) is 6.61 Å². The van der Waals surface area contributed by atoms with Crippen LogP contribution in [0.1, 0.15) is 16.8 Å². The van der Waals surface area contributed by atoms with Crippen molar-refractivity contribution in [3.8, 4) is 0 Å². The molecule has 0 unspecified atom stereocenters. The Hall–Kier alpha value is -3.05. The lowest BCUT2D eigenvalue weighted by Gasteiger charge is -1.90. The van der Waals surface area contributed by atoms with Gasteiger partial charge in [-0.2, -0.15) is 0 Å². The average Bonchev–Trinajstić information content (AvgIpc) is 3.02. The minimum Gasteiger partial charge on any atom is -0.388 e. The van der Waals surface area contributed by atoms with Gasteiger partial charge in [0.15, 0.2) is 11.9 Å². The second kappa shape index (κ2) is 7.29. The van der Waals surface area contributed by atoms with Crippen LogP contribution < -0.4 is 4.68 Å². The Morgan fingerprint density at radius 3 is 2.13 bits per heavy atom. The maximum atomic E-state index is 9.45. The van der Waals surface area contributed by atoms with Crippen LogP contribution in [0.3, 0.4) is 0 Å². The van der Waals surface area contributed by atoms with E-state index in [0.29, 0.717) is 5.69 Å². The molecule has 0 fully saturated rings. The monoisotopic (exact) mass is 305 g/mol. The number of benzene rings is 2. The zero-order valence-electron chi connectivity index (χ0n) is 12.5. The van der Waals surface area contributed by atoms with Crippen molar-refractivity contribution in [3.05, 3.63) is 90.0 Å². The first-order valence-corrected chi connectivity index (χ1v) is 7.27. The number of hydrogen-bond acceptors (Lipinski definition) is 3. The van der Waals surface area contributed by atoms with Gasteiger partial charge in [0.2, 0.25) is 0 Å². The predicted octanol–water partition coefficient (Wildman–Crippen LogP) is 2.03. The number of hydrogen-bond donors (Lipinski definition) is 1. The number of aromatic nitrogens is 2. The van der Waals surface area contributed by atoms with Gasteiger partial charge in [0.05, 0.1) is 12.4 Å². The van der Waals surface area contributed by atoms with E-state index in [0.717, 1.165) is 11.1 Å². The Bertz CT molecular complexity index is 808. The van der Waals surface area contributed by atoms with Gasteiger partial charge >= 0.3 is 0 Å². The fourth-order valence-electron chi connectivity index (χ4n) is 2.05. The van der Waals surface area contributed by atoms with Crippen molar-refractivity contribution in [1.82, 2.24) is 4.68 Å². The van der Waals surface area contributed by atoms with Gasteiger partial charge in [-0.1, -0.05) is 70.9 Å². The molecule has 0 saturated carbocycles. The largest absolute Gasteiger partial charge is 0.388 e. The summed E-state index contributed by atoms with van der Waals surface area (Å²) in [6, 6.07) is 19.6. The Balaban J connectivity index is 1.81. The quantitative estimate of drug-likeness (QED) is 0.569. The van der Waals surface area contributed by atoms with Gasteiger partial charge in [-0.05, 0) is 11.1 Å². The van der Waals surface area contributed by atoms with Crippen LogP contribution in [0.2, 0.25) is 0 Å². The summed E-state index contributed by atoms with van der Waals surface area (Å²) in [5.41, 5.74) is 2.65. The van der Waals surface area contributed by atoms with E-state index in [1.54, 1.807) is 34.3 Å². The van der Waals surface area contributed by atoms with Gasteiger partial charge in [0.1, 0.15) is 6.61 Å². The van der Waals surface area contributed by atoms with E-state index < -0.39 is 0 Å². The third-order valence-corrected chi connectivity index (χ3v) is 3.24. The Morgan fingerprint density at radius 2 is 1.52 bits per heavy atom. The summed E-state index contributed by atoms with van der Waals surface area (Å²) >= 11 is 0. The number of imidazole rings is 1. The van der Waals surface area contributed by atoms with Crippen LogP contribution in [0.15, 0.2) is 83.4 Å². The predicted molar refractivity (Wildman–Crippen MR) is 89.4 cm³/mol. The molecule has 23 heavy (non-hydrogen) atoms. The van der Waals surface area contributed by atoms with E-state index in [4.69, 9.17) is 0 Å². The zero-order valence-corrected chi connectivity index (χ0v) is 12.5. The van der Waals surface area contributed by atoms with Crippen LogP contribution in [0.25, 0.3) is 0 Å². The molecule has 2 aromatic carbocycles. The smallest absolute Gasteiger partial charge is 0.295 e. The van der Waals surface area contributed by atoms with Gasteiger partial charge in [0, 0.05) is 0 Å². The van der Waals surface area contributed by atoms with Crippen molar-refractivity contribution < 1.29 is 9.78 Å². The lowest BCUT2D eigenvalue weighted by atomic mass is 10.2. The summed E-state index contributed by atoms with van der Waals surface area (Å²) in [5.74, 6) is 0. The molecule has 5 heteroatoms. The van der Waals surface area contributed by atoms with Gasteiger partial charge in [-0.15, -0.1) is 9.35 Å². The summed E-state index contributed by atoms with van der Waals surface area (Å²) in [6.45, 7) is -0.111. The zero-order chi connectivity index (χ0) is 15.9. The Kier molecular flexibility index (Phi) is 4.71. The van der Waals surface area contributed by atoms with E-state index in [9.17, 15) is 5.11 Å². The third-order valence-electron chi connectivity index (χ3n) is 3.24. The number of nitrogens with zero attached hydrogens (tertiary/aromatic N) is 4. The molecule has 0 saturated heterocycles. The number of aliphatic hydroxyl groups excluding tert-OH is 1. The van der Waals surface area contributed by atoms with Crippen molar-refractivity contribution in [2.24, 2.45) is 10.2 Å². The molecule has 0 aliphatic rings. The fraction of sp³-hybridized carbons (Fsp3) is 0.0556. The van der Waals surface area contributed by atoms with Crippen LogP contribution in [-0.4, -0.2) is 22.2 Å². The fourth-order valence-corrected chi connectivity index (χ4v) is 2.05. The van der Waals surface area contributed by atoms with Gasteiger partial charge in [-0.3, -0.25) is 0 Å². The summed E-state index contributed by atoms with van der Waals surface area (Å²) in [6.07, 6.45) is 6.95. The topological polar surface area (TPSA) is 53.8 Å². The molecule has 114 valence electrons. The molecular formula is C18H17N4O+. The van der Waals surface area contributed by atoms with Crippen molar-refractivity contribution in [2.75, 3.05) is 0 Å². The first kappa shape index (κ1) is 14.9. The molecule has 0 radical (unpaired) electrons. The Labute approximate surface area is 134 Å². The number of rotatable bonds is 5. The molecule has 1 aromatic heterocycles. The highest BCUT2D eigenvalue weighted by atomic mass is 16.3. The van der Waals surface area contributed by atoms with Crippen LogP contribution in [0.4, 0.5) is 0 Å². The minimum absolute atomic E-state index is 0.111. The third kappa shape index (κ3) is 3.99. The maximum Gasteiger partial charge on any atom is 0.295 e. The highest BCUT2D eigenvalue weighted by Gasteiger charge is 2.11. The number of aliphatic hydroxyl groups is 1. The maximum absolute atomic E-state index is 9.45. The van der Waals surface area contributed by atoms with E-state index in [1.807, 2.05) is 60.7 Å². The lowest BCUT2D eigenvalue weighted by Crippen LogP contribution is -2.24. The molecule has 0 atom stereocenters. The molecule has 1 heterocycles. The first-order valence-electron chi connectivity index (χ1n) is 7.27. The van der Waals surface area contributed by atoms with Crippen LogP contribution >= 0.6 is 0 Å². The Morgan fingerprint density at radius 1 is 0.913 bits per heavy atom. The molecule has 0 bridgehead atoms. The van der Waals surface area contributed by atoms with Crippen molar-refractivity contribution in [3.63, 3.8) is 0 Å². The standard InChI is InChI=1S/C18H17N4O/c23-14-18-13-21(19-11-16-7-3-1-4-8-16)15-22(18)20-12-17-9-5-2-6-10-17/h1-13,15,23H,14H2/q+1. The summed E-state index contributed by atoms with van der Waals surface area (Å²) in [4.78, 5) is 0. The minimum atomic E-state index is -0.111. The summed E-state index contributed by atoms with van der Waals surface area (Å²) < 4.78 is 3.23. The molecule has 0 aliphatic heterocycles. The van der Waals surface area contributed by atoms with Crippen LogP contribution in [-0.2, 0) is 6.61 Å². The second-order valence-corrected chi connectivity index (χ2v) is 4.93. The first-order chi connectivity index (χ1) is 11.3. The van der Waals surface area contributed by atoms with Crippen LogP contribution in [0, 0.1) is 0 Å². The lowest BCUT2D eigenvalue weighted by molar-refractivity contribution is -0.677. The SMILES string of the molecule is OCc1c[n+](N=Cc2ccccc2)cn1N=Cc1ccccc1. The summed E-state index contributed by atoms with van der Waals surface area (Å²) in [5, 5.41) is 18.2. The molecule has 5 nitrogen and oxygen atoms in total. The van der Waals surface area contributed by atoms with E-state index in [2.05, 4.69) is 10.2 Å². The van der Waals surface area contributed by atoms with E-state index in [1.165, 1.54) is 0 Å².